The van der Waals surface area contributed by atoms with Gasteiger partial charge in [-0.05, 0) is 20.0 Å². The minimum absolute atomic E-state index is 0.0430. The molecule has 0 fully saturated rings. The number of nitrogens with zero attached hydrogens (tertiary/aromatic N) is 3. The van der Waals surface area contributed by atoms with E-state index in [2.05, 4.69) is 10.3 Å². The van der Waals surface area contributed by atoms with Gasteiger partial charge >= 0.3 is 6.03 Å². The Balaban J connectivity index is 2.37. The Morgan fingerprint density at radius 1 is 1.64 bits per heavy atom. The molecule has 1 aromatic heterocycles. The molecular formula is C9H16N4O. The van der Waals surface area contributed by atoms with Crippen molar-refractivity contribution >= 4 is 6.03 Å². The average Bonchev–Trinajstić information content (AvgIpc) is 2.69. The maximum atomic E-state index is 11.6. The standard InChI is InChI=1S/C9H16N4O/c1-10-4-3-6-12(2)9(14)13-7-5-11-8-13/h5,7-8,10H,3-4,6H2,1-2H3. The van der Waals surface area contributed by atoms with Gasteiger partial charge in [0.2, 0.25) is 0 Å². The zero-order valence-corrected chi connectivity index (χ0v) is 8.60. The van der Waals surface area contributed by atoms with Crippen LogP contribution in [0.3, 0.4) is 0 Å². The monoisotopic (exact) mass is 196 g/mol. The Morgan fingerprint density at radius 3 is 3.00 bits per heavy atom. The summed E-state index contributed by atoms with van der Waals surface area (Å²) in [5, 5.41) is 3.04. The van der Waals surface area contributed by atoms with Gasteiger partial charge in [-0.2, -0.15) is 0 Å². The van der Waals surface area contributed by atoms with Gasteiger partial charge < -0.3 is 10.2 Å². The Morgan fingerprint density at radius 2 is 2.43 bits per heavy atom. The van der Waals surface area contributed by atoms with Crippen molar-refractivity contribution in [1.82, 2.24) is 19.8 Å². The van der Waals surface area contributed by atoms with Crippen LogP contribution in [0, 0.1) is 0 Å². The van der Waals surface area contributed by atoms with E-state index in [9.17, 15) is 4.79 Å². The molecule has 0 aromatic carbocycles. The summed E-state index contributed by atoms with van der Waals surface area (Å²) in [6.07, 6.45) is 5.71. The summed E-state index contributed by atoms with van der Waals surface area (Å²) in [6, 6.07) is -0.0430. The highest BCUT2D eigenvalue weighted by molar-refractivity contribution is 5.76. The molecule has 14 heavy (non-hydrogen) atoms. The molecule has 0 radical (unpaired) electrons. The Labute approximate surface area is 83.7 Å². The maximum absolute atomic E-state index is 11.6. The van der Waals surface area contributed by atoms with Gasteiger partial charge in [-0.15, -0.1) is 0 Å². The first kappa shape index (κ1) is 10.7. The molecule has 0 spiro atoms. The molecule has 1 rings (SSSR count). The van der Waals surface area contributed by atoms with Crippen LogP contribution in [0.2, 0.25) is 0 Å². The molecule has 0 bridgehead atoms. The fourth-order valence-corrected chi connectivity index (χ4v) is 1.16. The molecule has 1 aromatic rings. The molecule has 0 aliphatic carbocycles. The minimum Gasteiger partial charge on any atom is -0.327 e. The van der Waals surface area contributed by atoms with E-state index in [1.807, 2.05) is 7.05 Å². The van der Waals surface area contributed by atoms with Gasteiger partial charge in [-0.1, -0.05) is 0 Å². The second kappa shape index (κ2) is 5.39. The van der Waals surface area contributed by atoms with E-state index in [1.54, 1.807) is 24.3 Å². The van der Waals surface area contributed by atoms with Crippen LogP contribution in [0.25, 0.3) is 0 Å². The van der Waals surface area contributed by atoms with E-state index in [1.165, 1.54) is 10.9 Å². The molecule has 0 unspecified atom stereocenters. The van der Waals surface area contributed by atoms with Crippen LogP contribution in [-0.2, 0) is 0 Å². The molecule has 1 amide bonds. The number of nitrogens with one attached hydrogen (secondary N) is 1. The predicted molar refractivity (Wildman–Crippen MR) is 54.2 cm³/mol. The lowest BCUT2D eigenvalue weighted by molar-refractivity contribution is 0.210. The van der Waals surface area contributed by atoms with Crippen molar-refractivity contribution in [3.63, 3.8) is 0 Å². The van der Waals surface area contributed by atoms with Gasteiger partial charge in [-0.25, -0.2) is 9.78 Å². The highest BCUT2D eigenvalue weighted by Crippen LogP contribution is 1.94. The van der Waals surface area contributed by atoms with E-state index in [4.69, 9.17) is 0 Å². The molecule has 0 saturated carbocycles. The fraction of sp³-hybridized carbons (Fsp3) is 0.556. The molecular weight excluding hydrogens is 180 g/mol. The molecule has 5 nitrogen and oxygen atoms in total. The van der Waals surface area contributed by atoms with Gasteiger partial charge in [0.15, 0.2) is 0 Å². The van der Waals surface area contributed by atoms with Crippen LogP contribution in [0.15, 0.2) is 18.7 Å². The highest BCUT2D eigenvalue weighted by atomic mass is 16.2. The van der Waals surface area contributed by atoms with Crippen LogP contribution in [0.4, 0.5) is 4.79 Å². The van der Waals surface area contributed by atoms with E-state index in [0.717, 1.165) is 19.5 Å². The average molecular weight is 196 g/mol. The summed E-state index contributed by atoms with van der Waals surface area (Å²) in [6.45, 7) is 1.67. The lowest BCUT2D eigenvalue weighted by atomic mass is 10.4. The molecule has 78 valence electrons. The van der Waals surface area contributed by atoms with Crippen LogP contribution in [0.1, 0.15) is 6.42 Å². The van der Waals surface area contributed by atoms with Crippen molar-refractivity contribution < 1.29 is 4.79 Å². The largest absolute Gasteiger partial charge is 0.329 e. The highest BCUT2D eigenvalue weighted by Gasteiger charge is 2.08. The van der Waals surface area contributed by atoms with Crippen molar-refractivity contribution in [1.29, 1.82) is 0 Å². The first-order valence-corrected chi connectivity index (χ1v) is 4.63. The normalized spacial score (nSPS) is 10.1. The number of carbonyl (C=O) groups is 1. The molecule has 0 atom stereocenters. The van der Waals surface area contributed by atoms with E-state index >= 15 is 0 Å². The maximum Gasteiger partial charge on any atom is 0.329 e. The zero-order chi connectivity index (χ0) is 10.4. The number of amides is 1. The first-order valence-electron chi connectivity index (χ1n) is 4.63. The second-order valence-corrected chi connectivity index (χ2v) is 3.13. The summed E-state index contributed by atoms with van der Waals surface area (Å²) >= 11 is 0. The quantitative estimate of drug-likeness (QED) is 0.709. The van der Waals surface area contributed by atoms with Gasteiger partial charge in [0.1, 0.15) is 6.33 Å². The van der Waals surface area contributed by atoms with Crippen molar-refractivity contribution in [3.05, 3.63) is 18.7 Å². The molecule has 5 heteroatoms. The Hall–Kier alpha value is -1.36. The van der Waals surface area contributed by atoms with Crippen molar-refractivity contribution in [2.75, 3.05) is 27.2 Å². The third kappa shape index (κ3) is 2.85. The van der Waals surface area contributed by atoms with Gasteiger partial charge in [0, 0.05) is 26.0 Å². The fourth-order valence-electron chi connectivity index (χ4n) is 1.16. The lowest BCUT2D eigenvalue weighted by Gasteiger charge is -2.16. The molecule has 0 aliphatic heterocycles. The number of carbonyl (C=O) groups excluding carboxylic acids is 1. The lowest BCUT2D eigenvalue weighted by Crippen LogP contribution is -2.32. The van der Waals surface area contributed by atoms with Gasteiger partial charge in [-0.3, -0.25) is 4.57 Å². The summed E-state index contributed by atoms with van der Waals surface area (Å²) in [4.78, 5) is 17.1. The molecule has 0 saturated heterocycles. The van der Waals surface area contributed by atoms with Crippen molar-refractivity contribution in [3.8, 4) is 0 Å². The predicted octanol–water partition coefficient (Wildman–Crippen LogP) is 0.392. The molecule has 1 N–H and O–H groups in total. The number of hydrogen-bond acceptors (Lipinski definition) is 3. The van der Waals surface area contributed by atoms with Crippen LogP contribution < -0.4 is 5.32 Å². The number of hydrogen-bond donors (Lipinski definition) is 1. The number of aromatic nitrogens is 2. The van der Waals surface area contributed by atoms with Gasteiger partial charge in [0.05, 0.1) is 0 Å². The number of imidazole rings is 1. The third-order valence-corrected chi connectivity index (χ3v) is 1.97. The number of rotatable bonds is 4. The minimum atomic E-state index is -0.0430. The van der Waals surface area contributed by atoms with E-state index in [0.29, 0.717) is 0 Å². The second-order valence-electron chi connectivity index (χ2n) is 3.13. The SMILES string of the molecule is CNCCCN(C)C(=O)n1ccnc1. The van der Waals surface area contributed by atoms with E-state index in [-0.39, 0.29) is 6.03 Å². The first-order chi connectivity index (χ1) is 6.75. The van der Waals surface area contributed by atoms with Crippen molar-refractivity contribution in [2.45, 2.75) is 6.42 Å². The topological polar surface area (TPSA) is 50.2 Å². The zero-order valence-electron chi connectivity index (χ0n) is 8.60. The molecule has 0 aliphatic rings. The van der Waals surface area contributed by atoms with E-state index < -0.39 is 0 Å². The van der Waals surface area contributed by atoms with Crippen LogP contribution in [-0.4, -0.2) is 47.7 Å². The third-order valence-electron chi connectivity index (χ3n) is 1.97. The van der Waals surface area contributed by atoms with Crippen molar-refractivity contribution in [2.24, 2.45) is 0 Å². The Bertz CT molecular complexity index is 270. The summed E-state index contributed by atoms with van der Waals surface area (Å²) in [7, 11) is 3.69. The van der Waals surface area contributed by atoms with Crippen LogP contribution in [0.5, 0.6) is 0 Å². The summed E-state index contributed by atoms with van der Waals surface area (Å²) in [5.74, 6) is 0. The molecule has 1 heterocycles. The van der Waals surface area contributed by atoms with Gasteiger partial charge in [0.25, 0.3) is 0 Å². The Kier molecular flexibility index (Phi) is 4.12. The smallest absolute Gasteiger partial charge is 0.327 e. The van der Waals surface area contributed by atoms with Crippen LogP contribution >= 0.6 is 0 Å². The summed E-state index contributed by atoms with van der Waals surface area (Å²) in [5.41, 5.74) is 0. The summed E-state index contributed by atoms with van der Waals surface area (Å²) < 4.78 is 1.47.